The van der Waals surface area contributed by atoms with Crippen molar-refractivity contribution < 1.29 is 57.1 Å². The second-order valence-electron chi connectivity index (χ2n) is 14.4. The Kier molecular flexibility index (Phi) is 19.2. The molecule has 2 atom stereocenters. The number of benzene rings is 3. The van der Waals surface area contributed by atoms with Crippen molar-refractivity contribution >= 4 is 29.6 Å². The summed E-state index contributed by atoms with van der Waals surface area (Å²) in [7, 11) is 1.61. The molecule has 0 aliphatic heterocycles. The van der Waals surface area contributed by atoms with E-state index in [9.17, 15) is 36.7 Å². The second-order valence-corrected chi connectivity index (χ2v) is 15.3. The molecule has 0 aliphatic carbocycles. The number of likely N-dealkylation sites (N-methyl/N-ethyl adjacent to an activating group) is 1. The average molecular weight is 915 g/mol. The molecule has 0 radical (unpaired) electrons. The number of rotatable bonds is 21. The Bertz CT molecular complexity index is 2320. The normalized spacial score (nSPS) is 12.3. The molecule has 0 aliphatic rings. The van der Waals surface area contributed by atoms with Crippen molar-refractivity contribution in [1.82, 2.24) is 29.1 Å². The van der Waals surface area contributed by atoms with Gasteiger partial charge in [-0.1, -0.05) is 74.1 Å². The van der Waals surface area contributed by atoms with Crippen LogP contribution in [0.2, 0.25) is 0 Å². The van der Waals surface area contributed by atoms with Gasteiger partial charge in [-0.05, 0) is 65.2 Å². The van der Waals surface area contributed by atoms with Gasteiger partial charge in [0.2, 0.25) is 5.91 Å². The van der Waals surface area contributed by atoms with Crippen LogP contribution in [-0.4, -0.2) is 120 Å². The first-order valence-electron chi connectivity index (χ1n) is 20.0. The summed E-state index contributed by atoms with van der Waals surface area (Å²) in [5, 5.41) is 37.2. The van der Waals surface area contributed by atoms with Crippen molar-refractivity contribution in [1.29, 1.82) is 0 Å². The number of ether oxygens (including phenoxy) is 1. The van der Waals surface area contributed by atoms with Crippen LogP contribution in [0.1, 0.15) is 41.7 Å². The molecule has 15 nitrogen and oxygen atoms in total. The van der Waals surface area contributed by atoms with Crippen LogP contribution >= 0.6 is 11.8 Å². The van der Waals surface area contributed by atoms with Gasteiger partial charge in [0, 0.05) is 56.9 Å². The molecule has 5 rings (SSSR count). The first-order valence-corrected chi connectivity index (χ1v) is 21.0. The van der Waals surface area contributed by atoms with Crippen LogP contribution in [0.15, 0.2) is 101 Å². The number of halogens is 4. The Morgan fingerprint density at radius 3 is 1.95 bits per heavy atom. The maximum atomic E-state index is 14.2. The Balaban J connectivity index is 0.000000800. The lowest BCUT2D eigenvalue weighted by Gasteiger charge is -2.27. The third-order valence-electron chi connectivity index (χ3n) is 9.83. The van der Waals surface area contributed by atoms with Crippen LogP contribution < -0.4 is 5.56 Å². The number of nitrogens with zero attached hydrogens (tertiary/aromatic N) is 6. The van der Waals surface area contributed by atoms with Gasteiger partial charge in [0.05, 0.1) is 24.9 Å². The zero-order chi connectivity index (χ0) is 47.0. The number of carbonyl (C=O) groups excluding carboxylic acids is 1. The molecule has 4 N–H and O–H groups in total. The fourth-order valence-corrected chi connectivity index (χ4v) is 7.03. The molecule has 0 spiro atoms. The lowest BCUT2D eigenvalue weighted by Crippen LogP contribution is -2.40. The number of carbonyl (C=O) groups is 3. The highest BCUT2D eigenvalue weighted by atomic mass is 32.2. The van der Waals surface area contributed by atoms with Gasteiger partial charge in [-0.25, -0.2) is 14.0 Å². The van der Waals surface area contributed by atoms with Gasteiger partial charge in [0.15, 0.2) is 17.4 Å². The summed E-state index contributed by atoms with van der Waals surface area (Å²) in [6, 6.07) is 18.5. The van der Waals surface area contributed by atoms with Crippen LogP contribution in [0.5, 0.6) is 0 Å². The Morgan fingerprint density at radius 2 is 1.41 bits per heavy atom. The van der Waals surface area contributed by atoms with Crippen molar-refractivity contribution in [3.63, 3.8) is 0 Å². The maximum absolute atomic E-state index is 14.2. The molecule has 2 heterocycles. The number of aliphatic hydroxyl groups is 2. The number of thioether (sulfide) groups is 1. The smallest absolute Gasteiger partial charge is 0.416 e. The first kappa shape index (κ1) is 50.7. The van der Waals surface area contributed by atoms with E-state index < -0.39 is 41.4 Å². The molecule has 3 aromatic carbocycles. The highest BCUT2D eigenvalue weighted by Crippen LogP contribution is 2.31. The fraction of sp³-hybridized carbons (Fsp3) is 0.364. The predicted molar refractivity (Wildman–Crippen MR) is 229 cm³/mol. The van der Waals surface area contributed by atoms with E-state index in [4.69, 9.17) is 25.2 Å². The monoisotopic (exact) mass is 914 g/mol. The van der Waals surface area contributed by atoms with E-state index in [1.165, 1.54) is 36.0 Å². The minimum Gasteiger partial charge on any atom is -0.479 e. The van der Waals surface area contributed by atoms with Gasteiger partial charge in [0.25, 0.3) is 5.56 Å². The fourth-order valence-electron chi connectivity index (χ4n) is 6.11. The van der Waals surface area contributed by atoms with E-state index in [1.54, 1.807) is 45.8 Å². The van der Waals surface area contributed by atoms with Crippen molar-refractivity contribution in [2.24, 2.45) is 0 Å². The number of aromatic nitrogens is 4. The van der Waals surface area contributed by atoms with Crippen LogP contribution in [0.3, 0.4) is 0 Å². The number of alkyl halides is 3. The summed E-state index contributed by atoms with van der Waals surface area (Å²) in [6.07, 6.45) is -3.44. The largest absolute Gasteiger partial charge is 0.479 e. The molecule has 5 aromatic rings. The van der Waals surface area contributed by atoms with Gasteiger partial charge in [0.1, 0.15) is 12.4 Å². The second kappa shape index (κ2) is 24.2. The van der Waals surface area contributed by atoms with Crippen LogP contribution in [0.25, 0.3) is 11.1 Å². The zero-order valence-electron chi connectivity index (χ0n) is 35.3. The van der Waals surface area contributed by atoms with Gasteiger partial charge < -0.3 is 39.5 Å². The Hall–Kier alpha value is -5.93. The lowest BCUT2D eigenvalue weighted by atomic mass is 10.0. The van der Waals surface area contributed by atoms with E-state index >= 15 is 0 Å². The highest BCUT2D eigenvalue weighted by molar-refractivity contribution is 7.98. The van der Waals surface area contributed by atoms with E-state index in [0.717, 1.165) is 47.5 Å². The highest BCUT2D eigenvalue weighted by Gasteiger charge is 2.30. The molecular formula is C44H50F4N6O9S. The Morgan fingerprint density at radius 1 is 0.828 bits per heavy atom. The molecule has 2 unspecified atom stereocenters. The molecule has 1 amide bonds. The van der Waals surface area contributed by atoms with Crippen molar-refractivity contribution in [3.8, 4) is 11.1 Å². The van der Waals surface area contributed by atoms with E-state index in [0.29, 0.717) is 54.8 Å². The number of carboxylic acids is 2. The predicted octanol–water partition coefficient (Wildman–Crippen LogP) is 5.04. The van der Waals surface area contributed by atoms with Gasteiger partial charge in [-0.15, -0.1) is 0 Å². The van der Waals surface area contributed by atoms with E-state index in [-0.39, 0.29) is 24.7 Å². The summed E-state index contributed by atoms with van der Waals surface area (Å²) in [5.74, 6) is -3.66. The Labute approximate surface area is 370 Å². The van der Waals surface area contributed by atoms with Gasteiger partial charge in [-0.2, -0.15) is 23.3 Å². The molecule has 0 saturated heterocycles. The molecular weight excluding hydrogens is 865 g/mol. The summed E-state index contributed by atoms with van der Waals surface area (Å²) in [6.45, 7) is 8.13. The first-order chi connectivity index (χ1) is 30.4. The zero-order valence-corrected chi connectivity index (χ0v) is 36.1. The summed E-state index contributed by atoms with van der Waals surface area (Å²) in [5.41, 5.74) is 3.21. The molecule has 20 heteroatoms. The number of hydrogen-bond donors (Lipinski definition) is 4. The van der Waals surface area contributed by atoms with E-state index in [1.807, 2.05) is 30.5 Å². The molecule has 344 valence electrons. The van der Waals surface area contributed by atoms with Crippen molar-refractivity contribution in [2.75, 3.05) is 39.9 Å². The number of methoxy groups -OCH3 is 1. The summed E-state index contributed by atoms with van der Waals surface area (Å²) < 4.78 is 61.4. The molecule has 64 heavy (non-hydrogen) atoms. The maximum Gasteiger partial charge on any atom is 0.416 e. The molecule has 0 fully saturated rings. The average Bonchev–Trinajstić information content (AvgIpc) is 3.73. The van der Waals surface area contributed by atoms with Crippen LogP contribution in [0.4, 0.5) is 17.6 Å². The standard InChI is InChI=1S/C40H44F4N6O3S.C4H6O6/c1-4-47(5-2)18-19-48(24-29-6-10-32(11-7-29)33-12-14-35(15-13-33)40(42,43)44)37(51)27-49-26-34(22-31-23-45-50(25-31)20-21-53-3)38(52)46-39(49)54-28-30-8-16-36(41)17-9-30;5-1(3(7)8)2(6)4(9)10/h6-17,23,25-26H,4-5,18-22,24,27-28H2,1-3H3;1-2,5-6H,(H,7,8)(H,9,10). The molecule has 0 bridgehead atoms. The van der Waals surface area contributed by atoms with Crippen molar-refractivity contribution in [2.45, 2.75) is 69.2 Å². The SMILES string of the molecule is CCN(CC)CCN(Cc1ccc(-c2ccc(C(F)(F)F)cc2)cc1)C(=O)Cn1cc(Cc2cnn(CCOC)c2)c(=O)nc1SCc1ccc(F)cc1.O=C(O)C(O)C(O)C(=O)O. The van der Waals surface area contributed by atoms with Crippen molar-refractivity contribution in [3.05, 3.63) is 135 Å². The molecule has 2 aromatic heterocycles. The number of carboxylic acid groups (broad SMARTS) is 2. The third kappa shape index (κ3) is 15.4. The number of aliphatic carboxylic acids is 2. The number of amides is 1. The van der Waals surface area contributed by atoms with Gasteiger partial charge in [-0.3, -0.25) is 14.3 Å². The minimum atomic E-state index is -4.41. The number of hydrogen-bond acceptors (Lipinski definition) is 11. The minimum absolute atomic E-state index is 0.0823. The topological polar surface area (TPSA) is 201 Å². The number of aliphatic hydroxyl groups excluding tert-OH is 2. The van der Waals surface area contributed by atoms with E-state index in [2.05, 4.69) is 28.8 Å². The van der Waals surface area contributed by atoms with Crippen LogP contribution in [-0.2, 0) is 57.1 Å². The lowest BCUT2D eigenvalue weighted by molar-refractivity contribution is -0.165. The third-order valence-corrected chi connectivity index (χ3v) is 10.9. The van der Waals surface area contributed by atoms with Crippen LogP contribution in [0, 0.1) is 5.82 Å². The quantitative estimate of drug-likeness (QED) is 0.0434. The summed E-state index contributed by atoms with van der Waals surface area (Å²) in [4.78, 5) is 55.5. The molecule has 0 saturated carbocycles. The summed E-state index contributed by atoms with van der Waals surface area (Å²) >= 11 is 1.29. The van der Waals surface area contributed by atoms with Gasteiger partial charge >= 0.3 is 18.1 Å².